The summed E-state index contributed by atoms with van der Waals surface area (Å²) in [5, 5.41) is 7.89. The molecule has 1 aromatic rings. The Morgan fingerprint density at radius 2 is 2.12 bits per heavy atom. The Hall–Kier alpha value is -0.350. The van der Waals surface area contributed by atoms with Crippen molar-refractivity contribution in [3.63, 3.8) is 0 Å². The van der Waals surface area contributed by atoms with Gasteiger partial charge in [-0.3, -0.25) is 4.68 Å². The molecule has 4 heteroatoms. The maximum atomic E-state index is 4.51. The van der Waals surface area contributed by atoms with Crippen LogP contribution in [0.3, 0.4) is 0 Å². The molecule has 16 heavy (non-hydrogen) atoms. The van der Waals surface area contributed by atoms with Crippen molar-refractivity contribution in [3.8, 4) is 0 Å². The van der Waals surface area contributed by atoms with Crippen molar-refractivity contribution >= 4 is 15.9 Å². The van der Waals surface area contributed by atoms with Crippen LogP contribution in [0, 0.1) is 5.92 Å². The van der Waals surface area contributed by atoms with E-state index in [2.05, 4.69) is 47.1 Å². The molecule has 0 aliphatic heterocycles. The fourth-order valence-electron chi connectivity index (χ4n) is 1.83. The molecule has 1 aromatic heterocycles. The molecule has 1 heterocycles. The summed E-state index contributed by atoms with van der Waals surface area (Å²) >= 11 is 3.66. The van der Waals surface area contributed by atoms with Crippen molar-refractivity contribution in [2.75, 3.05) is 13.1 Å². The number of hydrogen-bond donors (Lipinski definition) is 1. The van der Waals surface area contributed by atoms with E-state index in [1.165, 1.54) is 10.2 Å². The summed E-state index contributed by atoms with van der Waals surface area (Å²) in [4.78, 5) is 0. The van der Waals surface area contributed by atoms with Gasteiger partial charge in [0.1, 0.15) is 0 Å². The van der Waals surface area contributed by atoms with E-state index in [1.807, 2.05) is 11.7 Å². The zero-order valence-corrected chi connectivity index (χ0v) is 12.3. The summed E-state index contributed by atoms with van der Waals surface area (Å²) in [5.41, 5.74) is 2.47. The molecule has 92 valence electrons. The lowest BCUT2D eigenvalue weighted by molar-refractivity contribution is 0.503. The molecule has 0 radical (unpaired) electrons. The van der Waals surface area contributed by atoms with Gasteiger partial charge < -0.3 is 5.32 Å². The first-order valence-corrected chi connectivity index (χ1v) is 6.80. The lowest BCUT2D eigenvalue weighted by Gasteiger charge is -2.12. The van der Waals surface area contributed by atoms with Crippen LogP contribution in [-0.2, 0) is 19.9 Å². The highest BCUT2D eigenvalue weighted by molar-refractivity contribution is 9.10. The van der Waals surface area contributed by atoms with E-state index >= 15 is 0 Å². The Morgan fingerprint density at radius 3 is 2.62 bits per heavy atom. The minimum Gasteiger partial charge on any atom is -0.317 e. The second kappa shape index (κ2) is 6.40. The van der Waals surface area contributed by atoms with Crippen molar-refractivity contribution in [2.45, 2.75) is 33.6 Å². The second-order valence-corrected chi connectivity index (χ2v) is 5.09. The van der Waals surface area contributed by atoms with Gasteiger partial charge in [0.25, 0.3) is 0 Å². The smallest absolute Gasteiger partial charge is 0.0766 e. The van der Waals surface area contributed by atoms with Crippen molar-refractivity contribution in [2.24, 2.45) is 13.0 Å². The summed E-state index contributed by atoms with van der Waals surface area (Å²) in [6.07, 6.45) is 2.05. The Labute approximate surface area is 107 Å². The molecule has 3 nitrogen and oxygen atoms in total. The van der Waals surface area contributed by atoms with Crippen LogP contribution in [0.25, 0.3) is 0 Å². The van der Waals surface area contributed by atoms with Crippen LogP contribution in [0.2, 0.25) is 0 Å². The summed E-state index contributed by atoms with van der Waals surface area (Å²) in [6, 6.07) is 0. The fourth-order valence-corrected chi connectivity index (χ4v) is 2.61. The monoisotopic (exact) mass is 287 g/mol. The van der Waals surface area contributed by atoms with E-state index < -0.39 is 0 Å². The van der Waals surface area contributed by atoms with Gasteiger partial charge in [0, 0.05) is 7.05 Å². The van der Waals surface area contributed by atoms with Gasteiger partial charge >= 0.3 is 0 Å². The highest BCUT2D eigenvalue weighted by Gasteiger charge is 2.14. The highest BCUT2D eigenvalue weighted by Crippen LogP contribution is 2.23. The summed E-state index contributed by atoms with van der Waals surface area (Å²) < 4.78 is 3.20. The standard InChI is InChI=1S/C12H22BrN3/c1-5-10-12(13)11(16(4)15-10)7-9(3)8-14-6-2/h9,14H,5-8H2,1-4H3. The Kier molecular flexibility index (Phi) is 5.49. The van der Waals surface area contributed by atoms with Crippen LogP contribution >= 0.6 is 15.9 Å². The molecule has 0 spiro atoms. The molecular formula is C12H22BrN3. The third-order valence-electron chi connectivity index (χ3n) is 2.79. The molecule has 0 saturated heterocycles. The first-order chi connectivity index (χ1) is 7.60. The lowest BCUT2D eigenvalue weighted by atomic mass is 10.1. The second-order valence-electron chi connectivity index (χ2n) is 4.30. The quantitative estimate of drug-likeness (QED) is 0.871. The number of nitrogens with zero attached hydrogens (tertiary/aromatic N) is 2. The van der Waals surface area contributed by atoms with Crippen LogP contribution < -0.4 is 5.32 Å². The Balaban J connectivity index is 2.69. The maximum Gasteiger partial charge on any atom is 0.0766 e. The third-order valence-corrected chi connectivity index (χ3v) is 3.70. The molecule has 1 N–H and O–H groups in total. The summed E-state index contributed by atoms with van der Waals surface area (Å²) in [5.74, 6) is 0.636. The van der Waals surface area contributed by atoms with Gasteiger partial charge in [-0.05, 0) is 47.8 Å². The van der Waals surface area contributed by atoms with E-state index in [4.69, 9.17) is 0 Å². The van der Waals surface area contributed by atoms with Gasteiger partial charge in [0.15, 0.2) is 0 Å². The van der Waals surface area contributed by atoms with Gasteiger partial charge in [-0.15, -0.1) is 0 Å². The third kappa shape index (κ3) is 3.32. The van der Waals surface area contributed by atoms with E-state index in [9.17, 15) is 0 Å². The molecule has 1 rings (SSSR count). The van der Waals surface area contributed by atoms with E-state index in [1.54, 1.807) is 0 Å². The molecule has 0 aliphatic carbocycles. The van der Waals surface area contributed by atoms with E-state index in [0.29, 0.717) is 5.92 Å². The largest absolute Gasteiger partial charge is 0.317 e. The number of halogens is 1. The van der Waals surface area contributed by atoms with Crippen molar-refractivity contribution in [1.82, 2.24) is 15.1 Å². The average molecular weight is 288 g/mol. The van der Waals surface area contributed by atoms with Crippen molar-refractivity contribution < 1.29 is 0 Å². The predicted octanol–water partition coefficient (Wildman–Crippen LogP) is 2.53. The number of hydrogen-bond acceptors (Lipinski definition) is 2. The normalized spacial score (nSPS) is 13.1. The van der Waals surface area contributed by atoms with Crippen LogP contribution in [0.1, 0.15) is 32.2 Å². The van der Waals surface area contributed by atoms with Crippen LogP contribution in [-0.4, -0.2) is 22.9 Å². The molecule has 0 fully saturated rings. The summed E-state index contributed by atoms with van der Waals surface area (Å²) in [7, 11) is 2.03. The van der Waals surface area contributed by atoms with Crippen LogP contribution in [0.15, 0.2) is 4.47 Å². The van der Waals surface area contributed by atoms with Gasteiger partial charge in [0.2, 0.25) is 0 Å². The van der Waals surface area contributed by atoms with E-state index in [-0.39, 0.29) is 0 Å². The SMILES string of the molecule is CCNCC(C)Cc1c(Br)c(CC)nn1C. The molecule has 1 unspecified atom stereocenters. The van der Waals surface area contributed by atoms with Crippen LogP contribution in [0.4, 0.5) is 0 Å². The van der Waals surface area contributed by atoms with Crippen LogP contribution in [0.5, 0.6) is 0 Å². The first kappa shape index (κ1) is 13.7. The van der Waals surface area contributed by atoms with E-state index in [0.717, 1.165) is 31.6 Å². The molecule has 0 saturated carbocycles. The Bertz CT molecular complexity index is 333. The van der Waals surface area contributed by atoms with Gasteiger partial charge in [-0.1, -0.05) is 20.8 Å². The number of aryl methyl sites for hydroxylation is 2. The number of rotatable bonds is 6. The van der Waals surface area contributed by atoms with Crippen molar-refractivity contribution in [1.29, 1.82) is 0 Å². The van der Waals surface area contributed by atoms with Gasteiger partial charge in [-0.25, -0.2) is 0 Å². The minimum absolute atomic E-state index is 0.636. The highest BCUT2D eigenvalue weighted by atomic mass is 79.9. The number of aromatic nitrogens is 2. The van der Waals surface area contributed by atoms with Gasteiger partial charge in [-0.2, -0.15) is 5.10 Å². The fraction of sp³-hybridized carbons (Fsp3) is 0.750. The Morgan fingerprint density at radius 1 is 1.44 bits per heavy atom. The molecule has 0 bridgehead atoms. The van der Waals surface area contributed by atoms with Crippen molar-refractivity contribution in [3.05, 3.63) is 15.9 Å². The molecule has 0 aliphatic rings. The summed E-state index contributed by atoms with van der Waals surface area (Å²) in [6.45, 7) is 8.65. The lowest BCUT2D eigenvalue weighted by Crippen LogP contribution is -2.22. The average Bonchev–Trinajstić information content (AvgIpc) is 2.53. The zero-order chi connectivity index (χ0) is 12.1. The minimum atomic E-state index is 0.636. The number of nitrogens with one attached hydrogen (secondary N) is 1. The topological polar surface area (TPSA) is 29.9 Å². The molecular weight excluding hydrogens is 266 g/mol. The molecule has 0 aromatic carbocycles. The maximum absolute atomic E-state index is 4.51. The zero-order valence-electron chi connectivity index (χ0n) is 10.7. The van der Waals surface area contributed by atoms with Gasteiger partial charge in [0.05, 0.1) is 15.9 Å². The molecule has 0 amide bonds. The first-order valence-electron chi connectivity index (χ1n) is 6.01. The molecule has 1 atom stereocenters. The predicted molar refractivity (Wildman–Crippen MR) is 71.7 cm³/mol.